The van der Waals surface area contributed by atoms with Crippen molar-refractivity contribution in [2.75, 3.05) is 13.2 Å². The minimum absolute atomic E-state index is 0.0396. The molecular weight excluding hydrogens is 535 g/mol. The van der Waals surface area contributed by atoms with Gasteiger partial charge in [0.1, 0.15) is 24.5 Å². The van der Waals surface area contributed by atoms with Crippen molar-refractivity contribution in [3.63, 3.8) is 0 Å². The Morgan fingerprint density at radius 3 is 2.51 bits per heavy atom. The summed E-state index contributed by atoms with van der Waals surface area (Å²) in [6.07, 6.45) is -0.524. The van der Waals surface area contributed by atoms with Crippen molar-refractivity contribution in [1.82, 2.24) is 19.5 Å². The summed E-state index contributed by atoms with van der Waals surface area (Å²) < 4.78 is 20.8. The first-order chi connectivity index (χ1) is 17.3. The molecule has 0 amide bonds. The van der Waals surface area contributed by atoms with E-state index in [4.69, 9.17) is 37.1 Å². The first kappa shape index (κ1) is 27.9. The Morgan fingerprint density at radius 1 is 1.22 bits per heavy atom. The maximum Gasteiger partial charge on any atom is 0.338 e. The lowest BCUT2D eigenvalue weighted by atomic mass is 9.83. The molecule has 1 fully saturated rings. The van der Waals surface area contributed by atoms with Crippen LogP contribution in [0.1, 0.15) is 44.3 Å². The van der Waals surface area contributed by atoms with Crippen LogP contribution in [-0.4, -0.2) is 64.3 Å². The largest absolute Gasteiger partial charge is 0.461 e. The smallest absolute Gasteiger partial charge is 0.338 e. The summed E-state index contributed by atoms with van der Waals surface area (Å²) in [5.41, 5.74) is 0.208. The summed E-state index contributed by atoms with van der Waals surface area (Å²) >= 11 is 12.4. The topological polar surface area (TPSA) is 109 Å². The van der Waals surface area contributed by atoms with Crippen molar-refractivity contribution >= 4 is 48.7 Å². The van der Waals surface area contributed by atoms with E-state index >= 15 is 0 Å². The molecule has 1 saturated heterocycles. The van der Waals surface area contributed by atoms with E-state index < -0.39 is 38.1 Å². The molecule has 4 rings (SSSR count). The second kappa shape index (κ2) is 10.2. The number of aliphatic hydroxyl groups excluding tert-OH is 1. The second-order valence-corrected chi connectivity index (χ2v) is 16.5. The normalized spacial score (nSPS) is 24.5. The monoisotopic (exact) mass is 566 g/mol. The number of carbonyl (C=O) groups is 1. The van der Waals surface area contributed by atoms with Gasteiger partial charge < -0.3 is 19.0 Å². The number of aliphatic hydroxyl groups is 1. The van der Waals surface area contributed by atoms with E-state index in [1.165, 1.54) is 6.33 Å². The molecule has 0 radical (unpaired) electrons. The van der Waals surface area contributed by atoms with Crippen molar-refractivity contribution in [2.24, 2.45) is 5.41 Å². The summed E-state index contributed by atoms with van der Waals surface area (Å²) in [7, 11) is -2.35. The Labute approximate surface area is 227 Å². The van der Waals surface area contributed by atoms with Gasteiger partial charge in [0.05, 0.1) is 30.0 Å². The number of fused-ring (bicyclic) bond motifs is 1. The summed E-state index contributed by atoms with van der Waals surface area (Å²) in [5, 5.41) is 10.3. The van der Waals surface area contributed by atoms with Gasteiger partial charge >= 0.3 is 5.97 Å². The molecule has 3 aromatic rings. The van der Waals surface area contributed by atoms with Crippen LogP contribution in [-0.2, 0) is 13.9 Å². The number of hydrogen-bond acceptors (Lipinski definition) is 8. The number of rotatable bonds is 7. The van der Waals surface area contributed by atoms with Crippen LogP contribution in [0.2, 0.25) is 28.6 Å². The van der Waals surface area contributed by atoms with Gasteiger partial charge in [-0.3, -0.25) is 4.57 Å². The molecule has 0 aliphatic carbocycles. The number of nitrogens with zero attached hydrogens (tertiary/aromatic N) is 4. The molecule has 0 bridgehead atoms. The molecule has 0 spiro atoms. The average Bonchev–Trinajstić information content (AvgIpc) is 3.36. The molecule has 1 unspecified atom stereocenters. The maximum absolute atomic E-state index is 12.9. The summed E-state index contributed by atoms with van der Waals surface area (Å²) in [6.45, 7) is 12.2. The fourth-order valence-electron chi connectivity index (χ4n) is 4.25. The fraction of sp³-hybridized carbons (Fsp3) is 0.520. The van der Waals surface area contributed by atoms with Crippen LogP contribution in [0.4, 0.5) is 0 Å². The Morgan fingerprint density at radius 2 is 1.89 bits per heavy atom. The first-order valence-corrected chi connectivity index (χ1v) is 15.7. The van der Waals surface area contributed by atoms with Gasteiger partial charge in [-0.2, -0.15) is 4.98 Å². The predicted molar refractivity (Wildman–Crippen MR) is 143 cm³/mol. The SMILES string of the molecule is CC(C)(C)[Si](C)(C)OC1[C@@H](CO)O[C@@H](n2cnc3c(Cl)nc(Cl)nc32)[C@@]1(C)COC(=O)c1ccccc1. The van der Waals surface area contributed by atoms with E-state index in [-0.39, 0.29) is 28.7 Å². The molecule has 1 N–H and O–H groups in total. The van der Waals surface area contributed by atoms with Crippen LogP contribution in [0.5, 0.6) is 0 Å². The van der Waals surface area contributed by atoms with E-state index in [0.29, 0.717) is 16.7 Å². The third-order valence-electron chi connectivity index (χ3n) is 7.39. The van der Waals surface area contributed by atoms with Gasteiger partial charge in [0, 0.05) is 0 Å². The number of aromatic nitrogens is 4. The van der Waals surface area contributed by atoms with Crippen LogP contribution in [0, 0.1) is 5.41 Å². The number of imidazole rings is 1. The van der Waals surface area contributed by atoms with E-state index in [1.54, 1.807) is 28.8 Å². The van der Waals surface area contributed by atoms with E-state index in [2.05, 4.69) is 48.8 Å². The van der Waals surface area contributed by atoms with E-state index in [1.807, 2.05) is 13.0 Å². The zero-order chi connectivity index (χ0) is 27.2. The lowest BCUT2D eigenvalue weighted by molar-refractivity contribution is -0.0630. The van der Waals surface area contributed by atoms with Crippen molar-refractivity contribution in [3.8, 4) is 0 Å². The molecule has 0 saturated carbocycles. The Hall–Kier alpha value is -2.08. The Balaban J connectivity index is 1.78. The number of benzene rings is 1. The minimum atomic E-state index is -2.35. The van der Waals surface area contributed by atoms with Gasteiger partial charge in [-0.15, -0.1) is 0 Å². The number of carbonyl (C=O) groups excluding carboxylic acids is 1. The average molecular weight is 568 g/mol. The van der Waals surface area contributed by atoms with Crippen LogP contribution in [0.25, 0.3) is 11.2 Å². The molecule has 37 heavy (non-hydrogen) atoms. The molecule has 1 aromatic carbocycles. The quantitative estimate of drug-likeness (QED) is 0.178. The first-order valence-electron chi connectivity index (χ1n) is 12.0. The van der Waals surface area contributed by atoms with E-state index in [9.17, 15) is 9.90 Å². The standard InChI is InChI=1S/C25H32Cl2N4O5Si/c1-24(2,3)37(5,6)36-18-16(12-32)35-22(31-14-28-17-19(26)29-23(27)30-20(17)31)25(18,4)13-34-21(33)15-10-8-7-9-11-15/h7-11,14,16,18,22,32H,12-13H2,1-6H3/t16-,18?,22-,25+/m1/s1. The third kappa shape index (κ3) is 5.28. The Kier molecular flexibility index (Phi) is 7.73. The van der Waals surface area contributed by atoms with Crippen molar-refractivity contribution in [3.05, 3.63) is 52.7 Å². The van der Waals surface area contributed by atoms with E-state index in [0.717, 1.165) is 0 Å². The molecule has 1 aliphatic rings. The molecule has 12 heteroatoms. The van der Waals surface area contributed by atoms with Gasteiger partial charge in [-0.25, -0.2) is 14.8 Å². The van der Waals surface area contributed by atoms with Crippen LogP contribution < -0.4 is 0 Å². The van der Waals surface area contributed by atoms with Gasteiger partial charge in [0.25, 0.3) is 0 Å². The third-order valence-corrected chi connectivity index (χ3v) is 12.3. The summed E-state index contributed by atoms with van der Waals surface area (Å²) in [4.78, 5) is 25.6. The highest BCUT2D eigenvalue weighted by atomic mass is 35.5. The number of halogens is 2. The molecule has 9 nitrogen and oxygen atoms in total. The van der Waals surface area contributed by atoms with Gasteiger partial charge in [0.2, 0.25) is 5.28 Å². The zero-order valence-electron chi connectivity index (χ0n) is 21.7. The number of hydrogen-bond donors (Lipinski definition) is 1. The van der Waals surface area contributed by atoms with Crippen LogP contribution in [0.15, 0.2) is 36.7 Å². The summed E-state index contributed by atoms with van der Waals surface area (Å²) in [6, 6.07) is 8.76. The highest BCUT2D eigenvalue weighted by Crippen LogP contribution is 2.51. The molecule has 3 heterocycles. The lowest BCUT2D eigenvalue weighted by Crippen LogP contribution is -2.52. The van der Waals surface area contributed by atoms with Gasteiger partial charge in [0.15, 0.2) is 19.1 Å². The lowest BCUT2D eigenvalue weighted by Gasteiger charge is -2.43. The molecule has 4 atom stereocenters. The molecular formula is C25H32Cl2N4O5Si. The molecule has 2 aromatic heterocycles. The van der Waals surface area contributed by atoms with Crippen molar-refractivity contribution in [1.29, 1.82) is 0 Å². The van der Waals surface area contributed by atoms with Gasteiger partial charge in [-0.1, -0.05) is 50.6 Å². The maximum atomic E-state index is 12.9. The summed E-state index contributed by atoms with van der Waals surface area (Å²) in [5.74, 6) is -0.469. The fourth-order valence-corrected chi connectivity index (χ4v) is 6.08. The van der Waals surface area contributed by atoms with Crippen LogP contribution >= 0.6 is 23.2 Å². The Bertz CT molecular complexity index is 1280. The van der Waals surface area contributed by atoms with Crippen molar-refractivity contribution in [2.45, 2.75) is 64.3 Å². The minimum Gasteiger partial charge on any atom is -0.461 e. The number of esters is 1. The molecule has 1 aliphatic heterocycles. The van der Waals surface area contributed by atoms with Gasteiger partial charge in [-0.05, 0) is 48.8 Å². The van der Waals surface area contributed by atoms with Crippen LogP contribution in [0.3, 0.4) is 0 Å². The second-order valence-electron chi connectivity index (χ2n) is 11.1. The highest BCUT2D eigenvalue weighted by Gasteiger charge is 2.58. The molecule has 200 valence electrons. The predicted octanol–water partition coefficient (Wildman–Crippen LogP) is 5.28. The zero-order valence-corrected chi connectivity index (χ0v) is 24.2. The highest BCUT2D eigenvalue weighted by molar-refractivity contribution is 6.74. The number of ether oxygens (including phenoxy) is 2. The van der Waals surface area contributed by atoms with Crippen molar-refractivity contribution < 1.29 is 23.8 Å².